The lowest BCUT2D eigenvalue weighted by atomic mass is 9.83. The highest BCUT2D eigenvalue weighted by Crippen LogP contribution is 2.35. The van der Waals surface area contributed by atoms with Crippen LogP contribution in [0.1, 0.15) is 145 Å². The van der Waals surface area contributed by atoms with E-state index in [2.05, 4.69) is 105 Å². The zero-order valence-corrected chi connectivity index (χ0v) is 46.7. The van der Waals surface area contributed by atoms with Gasteiger partial charge in [-0.3, -0.25) is 24.1 Å². The summed E-state index contributed by atoms with van der Waals surface area (Å²) in [5.41, 5.74) is 9.73. The fourth-order valence-electron chi connectivity index (χ4n) is 12.7. The van der Waals surface area contributed by atoms with E-state index in [0.717, 1.165) is 168 Å². The summed E-state index contributed by atoms with van der Waals surface area (Å²) in [4.78, 5) is 67.5. The first-order valence-electron chi connectivity index (χ1n) is 29.7. The number of piperazine rings is 1. The van der Waals surface area contributed by atoms with Crippen LogP contribution in [0.15, 0.2) is 84.9 Å². The van der Waals surface area contributed by atoms with Crippen LogP contribution in [-0.2, 0) is 32.0 Å². The number of nitrogens with one attached hydrogen (secondary N) is 4. The van der Waals surface area contributed by atoms with Crippen molar-refractivity contribution < 1.29 is 24.3 Å². The fraction of sp³-hybridized carbons (Fsp3) is 0.556. The van der Waals surface area contributed by atoms with Crippen LogP contribution in [0.4, 0.5) is 5.82 Å². The van der Waals surface area contributed by atoms with Gasteiger partial charge in [-0.15, -0.1) is 0 Å². The summed E-state index contributed by atoms with van der Waals surface area (Å²) in [6.07, 6.45) is 18.0. The number of β-amino-alcohol motifs (C(OH)–C–C–N with tert-alkyl or cyclic N) is 1. The van der Waals surface area contributed by atoms with Crippen LogP contribution >= 0.6 is 0 Å². The van der Waals surface area contributed by atoms with Gasteiger partial charge in [0, 0.05) is 68.9 Å². The summed E-state index contributed by atoms with van der Waals surface area (Å²) in [6, 6.07) is 27.3. The highest BCUT2D eigenvalue weighted by atomic mass is 16.3. The Balaban J connectivity index is 0.740. The molecule has 2 aromatic heterocycles. The monoisotopic (exact) mass is 1060 g/mol. The molecule has 15 heteroatoms. The number of nitrogens with zero attached hydrogens (tertiary/aromatic N) is 6. The average molecular weight is 1060 g/mol. The molecular formula is C63H86N10O5. The van der Waals surface area contributed by atoms with Gasteiger partial charge in [-0.05, 0) is 107 Å². The predicted octanol–water partition coefficient (Wildman–Crippen LogP) is 8.49. The van der Waals surface area contributed by atoms with Crippen LogP contribution in [-0.4, -0.2) is 130 Å². The topological polar surface area (TPSA) is 177 Å². The molecule has 0 bridgehead atoms. The highest BCUT2D eigenvalue weighted by Gasteiger charge is 2.45. The Morgan fingerprint density at radius 1 is 0.769 bits per heavy atom. The number of anilines is 1. The van der Waals surface area contributed by atoms with Crippen LogP contribution in [0.2, 0.25) is 0 Å². The van der Waals surface area contributed by atoms with Gasteiger partial charge >= 0.3 is 0 Å². The van der Waals surface area contributed by atoms with Gasteiger partial charge in [-0.25, -0.2) is 4.98 Å². The van der Waals surface area contributed by atoms with E-state index in [1.54, 1.807) is 18.9 Å². The Hall–Kier alpha value is -6.16. The van der Waals surface area contributed by atoms with E-state index >= 15 is 0 Å². The maximum absolute atomic E-state index is 14.7. The molecule has 0 spiro atoms. The van der Waals surface area contributed by atoms with E-state index in [0.29, 0.717) is 19.4 Å². The minimum absolute atomic E-state index is 0.00882. The lowest BCUT2D eigenvalue weighted by molar-refractivity contribution is -0.143. The molecule has 4 aliphatic rings. The van der Waals surface area contributed by atoms with E-state index in [9.17, 15) is 24.3 Å². The second-order valence-electron chi connectivity index (χ2n) is 22.7. The molecule has 2 aliphatic carbocycles. The number of aliphatic hydroxyl groups is 1. The zero-order chi connectivity index (χ0) is 54.4. The van der Waals surface area contributed by atoms with E-state index in [1.165, 1.54) is 24.0 Å². The number of carbonyl (C=O) groups is 4. The fourth-order valence-corrected chi connectivity index (χ4v) is 12.7. The Morgan fingerprint density at radius 2 is 1.49 bits per heavy atom. The number of unbranched alkanes of at least 4 members (excludes halogenated alkanes) is 7. The number of rotatable bonds is 24. The first kappa shape index (κ1) is 56.6. The molecular weight excluding hydrogens is 977 g/mol. The molecule has 418 valence electrons. The van der Waals surface area contributed by atoms with Gasteiger partial charge < -0.3 is 36.2 Å². The van der Waals surface area contributed by atoms with Gasteiger partial charge in [0.05, 0.1) is 30.1 Å². The van der Waals surface area contributed by atoms with Crippen molar-refractivity contribution in [3.63, 3.8) is 0 Å². The van der Waals surface area contributed by atoms with Crippen LogP contribution in [0.5, 0.6) is 0 Å². The van der Waals surface area contributed by atoms with Crippen molar-refractivity contribution in [1.82, 2.24) is 45.7 Å². The Morgan fingerprint density at radius 3 is 2.24 bits per heavy atom. The number of carbonyl (C=O) groups excluding carboxylic acids is 4. The molecule has 5 atom stereocenters. The second kappa shape index (κ2) is 27.6. The first-order chi connectivity index (χ1) is 38.1. The molecule has 5 N–H and O–H groups in total. The minimum atomic E-state index is -0.753. The van der Waals surface area contributed by atoms with E-state index < -0.39 is 18.1 Å². The molecule has 3 fully saturated rings. The number of likely N-dealkylation sites (N-methyl/N-ethyl adjacent to an activating group) is 1. The number of likely N-dealkylation sites (tertiary alicyclic amines) is 1. The predicted molar refractivity (Wildman–Crippen MR) is 309 cm³/mol. The average Bonchev–Trinajstić information content (AvgIpc) is 4.20. The molecule has 2 saturated heterocycles. The van der Waals surface area contributed by atoms with Gasteiger partial charge in [-0.1, -0.05) is 137 Å². The summed E-state index contributed by atoms with van der Waals surface area (Å²) < 4.78 is 2.04. The number of aromatic nitrogens is 3. The van der Waals surface area contributed by atoms with Crippen molar-refractivity contribution in [2.75, 3.05) is 57.8 Å². The number of fused-ring (bicyclic) bond motifs is 2. The Labute approximate surface area is 462 Å². The van der Waals surface area contributed by atoms with Crippen molar-refractivity contribution in [2.45, 2.75) is 166 Å². The van der Waals surface area contributed by atoms with Crippen molar-refractivity contribution in [3.8, 4) is 22.4 Å². The van der Waals surface area contributed by atoms with Gasteiger partial charge in [0.1, 0.15) is 17.9 Å². The maximum Gasteiger partial charge on any atom is 0.246 e. The summed E-state index contributed by atoms with van der Waals surface area (Å²) in [5, 5.41) is 27.3. The molecule has 0 unspecified atom stereocenters. The molecule has 1 saturated carbocycles. The molecule has 3 aromatic carbocycles. The highest BCUT2D eigenvalue weighted by molar-refractivity contribution is 5.94. The molecule has 15 nitrogen and oxygen atoms in total. The third-order valence-corrected chi connectivity index (χ3v) is 17.2. The summed E-state index contributed by atoms with van der Waals surface area (Å²) >= 11 is 0. The van der Waals surface area contributed by atoms with Crippen LogP contribution in [0, 0.1) is 12.8 Å². The largest absolute Gasteiger partial charge is 0.395 e. The minimum Gasteiger partial charge on any atom is -0.395 e. The van der Waals surface area contributed by atoms with Gasteiger partial charge in [0.2, 0.25) is 23.6 Å². The second-order valence-corrected chi connectivity index (χ2v) is 22.7. The number of aryl methyl sites for hydroxylation is 3. The third-order valence-electron chi connectivity index (χ3n) is 17.2. The smallest absolute Gasteiger partial charge is 0.246 e. The van der Waals surface area contributed by atoms with Crippen LogP contribution in [0.3, 0.4) is 0 Å². The lowest BCUT2D eigenvalue weighted by Gasteiger charge is -2.35. The zero-order valence-electron chi connectivity index (χ0n) is 46.7. The molecule has 78 heavy (non-hydrogen) atoms. The first-order valence-corrected chi connectivity index (χ1v) is 29.7. The molecule has 4 heterocycles. The van der Waals surface area contributed by atoms with E-state index in [-0.39, 0.29) is 54.8 Å². The Bertz CT molecular complexity index is 2790. The lowest BCUT2D eigenvalue weighted by Crippen LogP contribution is -2.58. The normalized spacial score (nSPS) is 19.8. The van der Waals surface area contributed by atoms with E-state index in [1.807, 2.05) is 22.7 Å². The maximum atomic E-state index is 14.7. The summed E-state index contributed by atoms with van der Waals surface area (Å²) in [7, 11) is 1.73. The van der Waals surface area contributed by atoms with E-state index in [4.69, 9.17) is 10.1 Å². The molecule has 4 amide bonds. The number of amides is 4. The molecule has 9 rings (SSSR count). The number of hydrogen-bond donors (Lipinski definition) is 5. The number of aliphatic hydroxyl groups excluding tert-OH is 1. The van der Waals surface area contributed by atoms with Crippen molar-refractivity contribution in [1.29, 1.82) is 0 Å². The van der Waals surface area contributed by atoms with Crippen molar-refractivity contribution in [2.24, 2.45) is 5.92 Å². The molecule has 0 radical (unpaired) electrons. The Kier molecular flexibility index (Phi) is 20.0. The van der Waals surface area contributed by atoms with Gasteiger partial charge in [0.15, 0.2) is 5.65 Å². The quantitative estimate of drug-likeness (QED) is 0.0377. The SMILES string of the molecule is CN[C@@H](C)C(=O)N[C@H](C(=O)N1C[C@@H](NC(=O)CCCCCCCCCCc2cccc(-c3c(C)nn4c(N5CCN(CCO)CC5)cc(-c5ccccc5)nc34)c2)C[C@H]1C(=O)N[C@@H]1CCCc2ccccc21)C1CCCCC1. The number of benzene rings is 3. The van der Waals surface area contributed by atoms with Crippen LogP contribution < -0.4 is 26.2 Å². The number of hydrogen-bond acceptors (Lipinski definition) is 10. The summed E-state index contributed by atoms with van der Waals surface area (Å²) in [5.74, 6) is 0.335. The standard InChI is InChI=1S/C63H86N10O5/c1-44-58(60-66-54(48-25-13-10-14-26-48)42-57(73(60)69-44)71-36-34-70(35-37-71)38-39-74)50-30-20-23-46(40-50)22-12-8-6-4-5-7-9-17-33-56(75)65-51-41-55(62(77)67-53-32-21-29-47-24-18-19-31-52(47)53)72(43-51)63(78)59(49-27-15-11-16-28-49)68-61(76)45(2)64-3/h10,13-14,18-20,23-26,30-31,40,42,45,49,51,53,55,59,64,74H,4-9,11-12,15-17,21-22,27-29,32-39,41,43H2,1-3H3,(H,65,75)(H,67,77)(H,68,76)/t45-,51-,53+,55-,59-/m0/s1. The van der Waals surface area contributed by atoms with Crippen molar-refractivity contribution in [3.05, 3.63) is 107 Å². The van der Waals surface area contributed by atoms with Gasteiger partial charge in [0.25, 0.3) is 0 Å². The third kappa shape index (κ3) is 14.2. The summed E-state index contributed by atoms with van der Waals surface area (Å²) in [6.45, 7) is 8.46. The van der Waals surface area contributed by atoms with Gasteiger partial charge in [-0.2, -0.15) is 9.61 Å². The molecule has 5 aromatic rings. The van der Waals surface area contributed by atoms with Crippen molar-refractivity contribution >= 4 is 35.1 Å². The van der Waals surface area contributed by atoms with Crippen LogP contribution in [0.25, 0.3) is 28.0 Å². The molecule has 2 aliphatic heterocycles.